The zero-order chi connectivity index (χ0) is 14.0. The summed E-state index contributed by atoms with van der Waals surface area (Å²) < 4.78 is 0. The van der Waals surface area contributed by atoms with Gasteiger partial charge in [-0.25, -0.2) is 4.98 Å². The zero-order valence-electron chi connectivity index (χ0n) is 11.6. The van der Waals surface area contributed by atoms with Gasteiger partial charge in [-0.05, 0) is 18.9 Å². The molecule has 0 saturated heterocycles. The van der Waals surface area contributed by atoms with Crippen molar-refractivity contribution >= 4 is 0 Å². The maximum absolute atomic E-state index is 6.38. The number of hydrogen-bond acceptors (Lipinski definition) is 2. The normalized spacial score (nSPS) is 25.0. The van der Waals surface area contributed by atoms with Gasteiger partial charge in [-0.15, -0.1) is 0 Å². The second kappa shape index (κ2) is 5.10. The summed E-state index contributed by atoms with van der Waals surface area (Å²) in [5, 5.41) is 0. The first-order valence-electron chi connectivity index (χ1n) is 6.88. The molecule has 0 radical (unpaired) electrons. The molecule has 0 fully saturated rings. The Bertz CT molecular complexity index is 623. The monoisotopic (exact) mass is 265 g/mol. The van der Waals surface area contributed by atoms with E-state index >= 15 is 0 Å². The number of aryl methyl sites for hydroxylation is 1. The molecule has 1 aliphatic rings. The van der Waals surface area contributed by atoms with E-state index in [4.69, 9.17) is 5.73 Å². The molecule has 2 aromatic rings. The second-order valence-electron chi connectivity index (χ2n) is 5.41. The molecule has 102 valence electrons. The number of nitrogens with one attached hydrogen (secondary N) is 1. The molecule has 1 aliphatic carbocycles. The van der Waals surface area contributed by atoms with Gasteiger partial charge in [0.25, 0.3) is 0 Å². The molecule has 1 aromatic heterocycles. The van der Waals surface area contributed by atoms with E-state index in [2.05, 4.69) is 53.3 Å². The van der Waals surface area contributed by atoms with Crippen LogP contribution >= 0.6 is 0 Å². The first-order chi connectivity index (χ1) is 9.71. The summed E-state index contributed by atoms with van der Waals surface area (Å²) in [4.78, 5) is 7.69. The fraction of sp³-hybridized carbons (Fsp3) is 0.235. The van der Waals surface area contributed by atoms with Gasteiger partial charge in [-0.1, -0.05) is 54.1 Å². The smallest absolute Gasteiger partial charge is 0.118 e. The number of aromatic nitrogens is 2. The van der Waals surface area contributed by atoms with Crippen molar-refractivity contribution in [1.82, 2.24) is 9.97 Å². The maximum Gasteiger partial charge on any atom is 0.118 e. The molecular formula is C17H19N3. The van der Waals surface area contributed by atoms with Crippen LogP contribution in [-0.4, -0.2) is 16.0 Å². The van der Waals surface area contributed by atoms with Gasteiger partial charge in [0.05, 0.1) is 5.41 Å². The van der Waals surface area contributed by atoms with Crippen molar-refractivity contribution in [3.8, 4) is 0 Å². The van der Waals surface area contributed by atoms with Crippen LogP contribution in [0.25, 0.3) is 0 Å². The predicted octanol–water partition coefficient (Wildman–Crippen LogP) is 2.65. The van der Waals surface area contributed by atoms with Crippen LogP contribution in [-0.2, 0) is 11.8 Å². The molecule has 0 saturated carbocycles. The first-order valence-corrected chi connectivity index (χ1v) is 6.88. The molecule has 0 bridgehead atoms. The summed E-state index contributed by atoms with van der Waals surface area (Å²) in [5.41, 5.74) is 8.62. The lowest BCUT2D eigenvalue weighted by atomic mass is 9.72. The van der Waals surface area contributed by atoms with Gasteiger partial charge < -0.3 is 10.7 Å². The lowest BCUT2D eigenvalue weighted by molar-refractivity contribution is 0.446. The molecule has 3 nitrogen and oxygen atoms in total. The average molecular weight is 265 g/mol. The van der Waals surface area contributed by atoms with Crippen LogP contribution in [0, 0.1) is 6.92 Å². The van der Waals surface area contributed by atoms with Crippen LogP contribution in [0.3, 0.4) is 0 Å². The van der Waals surface area contributed by atoms with Crippen LogP contribution in [0.1, 0.15) is 17.0 Å². The fourth-order valence-corrected chi connectivity index (χ4v) is 2.75. The van der Waals surface area contributed by atoms with E-state index in [1.165, 1.54) is 11.1 Å². The van der Waals surface area contributed by atoms with Crippen molar-refractivity contribution in [2.45, 2.75) is 24.8 Å². The maximum atomic E-state index is 6.38. The number of imidazole rings is 1. The summed E-state index contributed by atoms with van der Waals surface area (Å²) >= 11 is 0. The molecule has 20 heavy (non-hydrogen) atoms. The molecule has 0 amide bonds. The lowest BCUT2D eigenvalue weighted by Crippen LogP contribution is -2.46. The summed E-state index contributed by atoms with van der Waals surface area (Å²) in [6.45, 7) is 2.10. The van der Waals surface area contributed by atoms with Gasteiger partial charge in [-0.3, -0.25) is 0 Å². The quantitative estimate of drug-likeness (QED) is 0.896. The van der Waals surface area contributed by atoms with Gasteiger partial charge in [0, 0.05) is 18.4 Å². The molecule has 0 aliphatic heterocycles. The Kier molecular flexibility index (Phi) is 3.28. The SMILES string of the molecule is Cc1ccc(CC2(c3ncc[nH]3)C=CC=CC2N)cc1. The molecule has 2 unspecified atom stereocenters. The molecular weight excluding hydrogens is 246 g/mol. The lowest BCUT2D eigenvalue weighted by Gasteiger charge is -2.35. The van der Waals surface area contributed by atoms with E-state index < -0.39 is 0 Å². The minimum atomic E-state index is -0.298. The van der Waals surface area contributed by atoms with Gasteiger partial charge in [0.2, 0.25) is 0 Å². The highest BCUT2D eigenvalue weighted by atomic mass is 14.9. The first kappa shape index (κ1) is 12.9. The van der Waals surface area contributed by atoms with Crippen LogP contribution in [0.15, 0.2) is 61.0 Å². The predicted molar refractivity (Wildman–Crippen MR) is 81.4 cm³/mol. The van der Waals surface area contributed by atoms with Crippen molar-refractivity contribution in [2.24, 2.45) is 5.73 Å². The molecule has 3 N–H and O–H groups in total. The van der Waals surface area contributed by atoms with Crippen LogP contribution in [0.4, 0.5) is 0 Å². The Balaban J connectivity index is 2.01. The van der Waals surface area contributed by atoms with E-state index in [1.54, 1.807) is 6.20 Å². The Labute approximate surface area is 119 Å². The van der Waals surface area contributed by atoms with Gasteiger partial charge in [0.1, 0.15) is 5.82 Å². The molecule has 3 rings (SSSR count). The summed E-state index contributed by atoms with van der Waals surface area (Å²) in [7, 11) is 0. The van der Waals surface area contributed by atoms with Gasteiger partial charge >= 0.3 is 0 Å². The Morgan fingerprint density at radius 1 is 1.25 bits per heavy atom. The fourth-order valence-electron chi connectivity index (χ4n) is 2.75. The second-order valence-corrected chi connectivity index (χ2v) is 5.41. The zero-order valence-corrected chi connectivity index (χ0v) is 11.6. The Hall–Kier alpha value is -2.13. The molecule has 2 atom stereocenters. The Morgan fingerprint density at radius 2 is 2.05 bits per heavy atom. The highest BCUT2D eigenvalue weighted by Gasteiger charge is 2.38. The third kappa shape index (κ3) is 2.21. The summed E-state index contributed by atoms with van der Waals surface area (Å²) in [5.74, 6) is 0.922. The van der Waals surface area contributed by atoms with Crippen LogP contribution < -0.4 is 5.73 Å². The van der Waals surface area contributed by atoms with Crippen molar-refractivity contribution < 1.29 is 0 Å². The van der Waals surface area contributed by atoms with E-state index in [0.29, 0.717) is 0 Å². The minimum Gasteiger partial charge on any atom is -0.348 e. The number of rotatable bonds is 3. The summed E-state index contributed by atoms with van der Waals surface area (Å²) in [6.07, 6.45) is 12.7. The van der Waals surface area contributed by atoms with Gasteiger partial charge in [-0.2, -0.15) is 0 Å². The number of benzene rings is 1. The van der Waals surface area contributed by atoms with Gasteiger partial charge in [0.15, 0.2) is 0 Å². The summed E-state index contributed by atoms with van der Waals surface area (Å²) in [6, 6.07) is 8.52. The minimum absolute atomic E-state index is 0.0834. The number of hydrogen-bond donors (Lipinski definition) is 2. The van der Waals surface area contributed by atoms with Crippen molar-refractivity contribution in [1.29, 1.82) is 0 Å². The topological polar surface area (TPSA) is 54.7 Å². The largest absolute Gasteiger partial charge is 0.348 e. The highest BCUT2D eigenvalue weighted by Crippen LogP contribution is 2.33. The van der Waals surface area contributed by atoms with Crippen LogP contribution in [0.2, 0.25) is 0 Å². The number of H-pyrrole nitrogens is 1. The molecule has 1 aromatic carbocycles. The third-order valence-corrected chi connectivity index (χ3v) is 3.97. The van der Waals surface area contributed by atoms with Crippen LogP contribution in [0.5, 0.6) is 0 Å². The molecule has 1 heterocycles. The van der Waals surface area contributed by atoms with E-state index in [1.807, 2.05) is 18.3 Å². The Morgan fingerprint density at radius 3 is 2.70 bits per heavy atom. The third-order valence-electron chi connectivity index (χ3n) is 3.97. The number of allylic oxidation sites excluding steroid dienone is 2. The molecule has 0 spiro atoms. The number of aromatic amines is 1. The highest BCUT2D eigenvalue weighted by molar-refractivity contribution is 5.37. The number of nitrogens with zero attached hydrogens (tertiary/aromatic N) is 1. The standard InChI is InChI=1S/C17H19N3/c1-13-5-7-14(8-6-13)12-17(16-19-10-11-20-16)9-3-2-4-15(17)18/h2-11,15H,12,18H2,1H3,(H,19,20). The van der Waals surface area contributed by atoms with E-state index in [0.717, 1.165) is 12.2 Å². The van der Waals surface area contributed by atoms with Crippen molar-refractivity contribution in [2.75, 3.05) is 0 Å². The average Bonchev–Trinajstić information content (AvgIpc) is 2.99. The molecule has 3 heteroatoms. The van der Waals surface area contributed by atoms with E-state index in [-0.39, 0.29) is 11.5 Å². The van der Waals surface area contributed by atoms with Crippen molar-refractivity contribution in [3.05, 3.63) is 77.9 Å². The van der Waals surface area contributed by atoms with E-state index in [9.17, 15) is 0 Å². The number of nitrogens with two attached hydrogens (primary N) is 1. The van der Waals surface area contributed by atoms with Crippen molar-refractivity contribution in [3.63, 3.8) is 0 Å².